The summed E-state index contributed by atoms with van der Waals surface area (Å²) in [6.45, 7) is 0.644. The molecule has 0 aliphatic carbocycles. The average molecular weight is 360 g/mol. The molecule has 6 nitrogen and oxygen atoms in total. The second-order valence-electron chi connectivity index (χ2n) is 4.12. The Bertz CT molecular complexity index is 671. The second kappa shape index (κ2) is 6.49. The summed E-state index contributed by atoms with van der Waals surface area (Å²) in [5, 5.41) is 9.01. The largest absolute Gasteiger partial charge is 0.392 e. The first-order chi connectivity index (χ1) is 9.53. The van der Waals surface area contributed by atoms with Crippen LogP contribution < -0.4 is 4.72 Å². The van der Waals surface area contributed by atoms with E-state index in [1.807, 2.05) is 0 Å². The molecule has 0 saturated carbocycles. The molecule has 1 aromatic heterocycles. The van der Waals surface area contributed by atoms with Crippen LogP contribution in [0.25, 0.3) is 0 Å². The Labute approximate surface area is 125 Å². The van der Waals surface area contributed by atoms with Crippen LogP contribution in [0.15, 0.2) is 46.3 Å². The van der Waals surface area contributed by atoms with E-state index < -0.39 is 10.0 Å². The van der Waals surface area contributed by atoms with E-state index in [-0.39, 0.29) is 18.0 Å². The molecule has 0 aliphatic heterocycles. The van der Waals surface area contributed by atoms with Crippen molar-refractivity contribution in [2.75, 3.05) is 6.54 Å². The summed E-state index contributed by atoms with van der Waals surface area (Å²) in [5.41, 5.74) is 0.647. The number of imidazole rings is 1. The van der Waals surface area contributed by atoms with E-state index in [2.05, 4.69) is 25.6 Å². The summed E-state index contributed by atoms with van der Waals surface area (Å²) in [7, 11) is -3.58. The maximum atomic E-state index is 12.2. The van der Waals surface area contributed by atoms with Gasteiger partial charge in [0.25, 0.3) is 0 Å². The van der Waals surface area contributed by atoms with E-state index in [9.17, 15) is 8.42 Å². The quantitative estimate of drug-likeness (QED) is 0.809. The van der Waals surface area contributed by atoms with Gasteiger partial charge in [-0.05, 0) is 33.6 Å². The van der Waals surface area contributed by atoms with Crippen LogP contribution in [0.2, 0.25) is 0 Å². The Morgan fingerprint density at radius 1 is 1.40 bits per heavy atom. The van der Waals surface area contributed by atoms with Crippen LogP contribution in [0.3, 0.4) is 0 Å². The van der Waals surface area contributed by atoms with Crippen molar-refractivity contribution in [1.82, 2.24) is 14.3 Å². The highest BCUT2D eigenvalue weighted by Gasteiger charge is 2.17. The Morgan fingerprint density at radius 2 is 2.20 bits per heavy atom. The molecule has 0 bridgehead atoms. The van der Waals surface area contributed by atoms with Gasteiger partial charge in [-0.15, -0.1) is 0 Å². The van der Waals surface area contributed by atoms with Crippen molar-refractivity contribution in [3.63, 3.8) is 0 Å². The van der Waals surface area contributed by atoms with Crippen LogP contribution in [0.1, 0.15) is 5.56 Å². The zero-order chi connectivity index (χ0) is 14.6. The van der Waals surface area contributed by atoms with E-state index in [0.29, 0.717) is 16.6 Å². The van der Waals surface area contributed by atoms with Crippen molar-refractivity contribution in [3.05, 3.63) is 47.0 Å². The number of aromatic nitrogens is 2. The molecular formula is C12H14BrN3O3S. The fourth-order valence-electron chi connectivity index (χ4n) is 1.67. The highest BCUT2D eigenvalue weighted by Crippen LogP contribution is 2.23. The highest BCUT2D eigenvalue weighted by atomic mass is 79.9. The van der Waals surface area contributed by atoms with Gasteiger partial charge in [0.1, 0.15) is 0 Å². The molecule has 0 unspecified atom stereocenters. The van der Waals surface area contributed by atoms with Gasteiger partial charge < -0.3 is 9.67 Å². The molecule has 2 rings (SSSR count). The molecule has 2 aromatic rings. The van der Waals surface area contributed by atoms with Crippen molar-refractivity contribution in [3.8, 4) is 0 Å². The summed E-state index contributed by atoms with van der Waals surface area (Å²) in [6.07, 6.45) is 5.03. The van der Waals surface area contributed by atoms with Crippen molar-refractivity contribution in [2.24, 2.45) is 0 Å². The fraction of sp³-hybridized carbons (Fsp3) is 0.250. The van der Waals surface area contributed by atoms with Gasteiger partial charge in [0.2, 0.25) is 10.0 Å². The van der Waals surface area contributed by atoms with E-state index in [1.165, 1.54) is 6.07 Å². The number of sulfonamides is 1. The molecule has 0 fully saturated rings. The lowest BCUT2D eigenvalue weighted by atomic mass is 10.2. The SMILES string of the molecule is O=S(=O)(NCCn1ccnc1)c1ccc(CO)cc1Br. The lowest BCUT2D eigenvalue weighted by molar-refractivity contribution is 0.281. The molecular weight excluding hydrogens is 346 g/mol. The molecule has 0 spiro atoms. The van der Waals surface area contributed by atoms with Crippen molar-refractivity contribution in [2.45, 2.75) is 18.0 Å². The van der Waals surface area contributed by atoms with Crippen LogP contribution in [0.4, 0.5) is 0 Å². The molecule has 8 heteroatoms. The molecule has 0 atom stereocenters. The summed E-state index contributed by atoms with van der Waals surface area (Å²) >= 11 is 3.21. The third kappa shape index (κ3) is 3.66. The molecule has 0 saturated heterocycles. The number of halogens is 1. The van der Waals surface area contributed by atoms with E-state index in [0.717, 1.165) is 0 Å². The lowest BCUT2D eigenvalue weighted by Gasteiger charge is -2.09. The summed E-state index contributed by atoms with van der Waals surface area (Å²) in [5.74, 6) is 0. The van der Waals surface area contributed by atoms with Crippen molar-refractivity contribution < 1.29 is 13.5 Å². The summed E-state index contributed by atoms with van der Waals surface area (Å²) < 4.78 is 29.0. The number of benzene rings is 1. The number of nitrogens with zero attached hydrogens (tertiary/aromatic N) is 2. The number of aliphatic hydroxyl groups is 1. The second-order valence-corrected chi connectivity index (χ2v) is 6.71. The number of rotatable bonds is 6. The average Bonchev–Trinajstić information content (AvgIpc) is 2.91. The van der Waals surface area contributed by atoms with Crippen molar-refractivity contribution >= 4 is 26.0 Å². The van der Waals surface area contributed by atoms with Crippen LogP contribution in [-0.2, 0) is 23.2 Å². The minimum atomic E-state index is -3.58. The van der Waals surface area contributed by atoms with Gasteiger partial charge in [-0.2, -0.15) is 0 Å². The summed E-state index contributed by atoms with van der Waals surface area (Å²) in [6, 6.07) is 4.63. The third-order valence-corrected chi connectivity index (χ3v) is 5.13. The smallest absolute Gasteiger partial charge is 0.241 e. The Kier molecular flexibility index (Phi) is 4.92. The maximum Gasteiger partial charge on any atom is 0.241 e. The Hall–Kier alpha value is -1.22. The van der Waals surface area contributed by atoms with E-state index in [1.54, 1.807) is 35.4 Å². The molecule has 0 radical (unpaired) electrons. The lowest BCUT2D eigenvalue weighted by Crippen LogP contribution is -2.27. The predicted molar refractivity (Wildman–Crippen MR) is 77.5 cm³/mol. The van der Waals surface area contributed by atoms with Gasteiger partial charge in [-0.3, -0.25) is 0 Å². The molecule has 0 aliphatic rings. The minimum absolute atomic E-state index is 0.132. The number of nitrogens with one attached hydrogen (secondary N) is 1. The number of aliphatic hydroxyl groups excluding tert-OH is 1. The van der Waals surface area contributed by atoms with Gasteiger partial charge in [0.15, 0.2) is 0 Å². The Morgan fingerprint density at radius 3 is 2.80 bits per heavy atom. The van der Waals surface area contributed by atoms with Crippen LogP contribution in [0.5, 0.6) is 0 Å². The first kappa shape index (κ1) is 15.2. The number of hydrogen-bond donors (Lipinski definition) is 2. The van der Waals surface area contributed by atoms with Crippen LogP contribution in [0, 0.1) is 0 Å². The molecule has 0 amide bonds. The van der Waals surface area contributed by atoms with Crippen LogP contribution >= 0.6 is 15.9 Å². The van der Waals surface area contributed by atoms with E-state index in [4.69, 9.17) is 5.11 Å². The first-order valence-corrected chi connectivity index (χ1v) is 8.15. The first-order valence-electron chi connectivity index (χ1n) is 5.87. The fourth-order valence-corrected chi connectivity index (χ4v) is 3.81. The highest BCUT2D eigenvalue weighted by molar-refractivity contribution is 9.10. The van der Waals surface area contributed by atoms with Crippen molar-refractivity contribution in [1.29, 1.82) is 0 Å². The van der Waals surface area contributed by atoms with Gasteiger partial charge >= 0.3 is 0 Å². The van der Waals surface area contributed by atoms with Gasteiger partial charge in [-0.1, -0.05) is 6.07 Å². The maximum absolute atomic E-state index is 12.2. The van der Waals surface area contributed by atoms with Gasteiger partial charge in [-0.25, -0.2) is 18.1 Å². The monoisotopic (exact) mass is 359 g/mol. The Balaban J connectivity index is 2.06. The van der Waals surface area contributed by atoms with Crippen LogP contribution in [-0.4, -0.2) is 29.6 Å². The third-order valence-electron chi connectivity index (χ3n) is 2.69. The zero-order valence-corrected chi connectivity index (χ0v) is 12.9. The predicted octanol–water partition coefficient (Wildman–Crippen LogP) is 1.12. The molecule has 1 aromatic carbocycles. The molecule has 2 N–H and O–H groups in total. The van der Waals surface area contributed by atoms with Gasteiger partial charge in [0.05, 0.1) is 17.8 Å². The zero-order valence-electron chi connectivity index (χ0n) is 10.5. The minimum Gasteiger partial charge on any atom is -0.392 e. The van der Waals surface area contributed by atoms with Gasteiger partial charge in [0, 0.05) is 30.0 Å². The molecule has 1 heterocycles. The molecule has 108 valence electrons. The van der Waals surface area contributed by atoms with E-state index >= 15 is 0 Å². The normalized spacial score (nSPS) is 11.7. The summed E-state index contributed by atoms with van der Waals surface area (Å²) in [4.78, 5) is 4.04. The molecule has 20 heavy (non-hydrogen) atoms. The standard InChI is InChI=1S/C12H14BrN3O3S/c13-11-7-10(8-17)1-2-12(11)20(18,19)15-4-6-16-5-3-14-9-16/h1-3,5,7,9,15,17H,4,6,8H2. The topological polar surface area (TPSA) is 84.2 Å². The number of hydrogen-bond acceptors (Lipinski definition) is 4.